The molecule has 2 saturated carbocycles. The van der Waals surface area contributed by atoms with Crippen LogP contribution in [0.5, 0.6) is 0 Å². The number of amides is 3. The Labute approximate surface area is 127 Å². The van der Waals surface area contributed by atoms with Gasteiger partial charge in [0, 0.05) is 13.1 Å². The number of hydrogen-bond acceptors (Lipinski definition) is 2. The SMILES string of the molecule is CC(C)C[C@H]1C(=O)N(C(C2CCC2)C2CCC2)C(=O)N1C. The average Bonchev–Trinajstić information content (AvgIpc) is 2.48. The van der Waals surface area contributed by atoms with E-state index in [2.05, 4.69) is 13.8 Å². The maximum Gasteiger partial charge on any atom is 0.327 e. The van der Waals surface area contributed by atoms with E-state index in [1.807, 2.05) is 0 Å². The van der Waals surface area contributed by atoms with Gasteiger partial charge in [0.1, 0.15) is 6.04 Å². The fraction of sp³-hybridized carbons (Fsp3) is 0.882. The third-order valence-corrected chi connectivity index (χ3v) is 5.76. The summed E-state index contributed by atoms with van der Waals surface area (Å²) in [5.41, 5.74) is 0. The van der Waals surface area contributed by atoms with Crippen LogP contribution in [0.3, 0.4) is 0 Å². The Kier molecular flexibility index (Phi) is 3.98. The minimum absolute atomic E-state index is 0.0468. The maximum atomic E-state index is 12.9. The van der Waals surface area contributed by atoms with Crippen molar-refractivity contribution in [3.63, 3.8) is 0 Å². The summed E-state index contributed by atoms with van der Waals surface area (Å²) < 4.78 is 0. The molecular weight excluding hydrogens is 264 g/mol. The summed E-state index contributed by atoms with van der Waals surface area (Å²) in [5.74, 6) is 1.63. The number of rotatable bonds is 5. The van der Waals surface area contributed by atoms with Gasteiger partial charge in [-0.1, -0.05) is 26.7 Å². The summed E-state index contributed by atoms with van der Waals surface area (Å²) in [5, 5.41) is 0. The van der Waals surface area contributed by atoms with Crippen molar-refractivity contribution in [2.75, 3.05) is 7.05 Å². The molecule has 0 bridgehead atoms. The summed E-state index contributed by atoms with van der Waals surface area (Å²) >= 11 is 0. The number of carbonyl (C=O) groups is 2. The molecule has 21 heavy (non-hydrogen) atoms. The zero-order valence-corrected chi connectivity index (χ0v) is 13.5. The molecule has 1 aliphatic heterocycles. The number of urea groups is 1. The summed E-state index contributed by atoms with van der Waals surface area (Å²) in [6.07, 6.45) is 8.06. The van der Waals surface area contributed by atoms with Crippen molar-refractivity contribution in [1.82, 2.24) is 9.80 Å². The summed E-state index contributed by atoms with van der Waals surface area (Å²) in [4.78, 5) is 28.9. The van der Waals surface area contributed by atoms with Gasteiger partial charge in [0.15, 0.2) is 0 Å². The van der Waals surface area contributed by atoms with Crippen LogP contribution in [0.25, 0.3) is 0 Å². The molecule has 0 aromatic heterocycles. The number of carbonyl (C=O) groups excluding carboxylic acids is 2. The van der Waals surface area contributed by atoms with E-state index in [-0.39, 0.29) is 24.0 Å². The lowest BCUT2D eigenvalue weighted by molar-refractivity contribution is -0.133. The standard InChI is InChI=1S/C17H28N2O2/c1-11(2)10-14-16(20)19(17(21)18(14)3)15(12-6-4-7-12)13-8-5-9-13/h11-15H,4-10H2,1-3H3/t14-/m0/s1. The zero-order valence-electron chi connectivity index (χ0n) is 13.5. The van der Waals surface area contributed by atoms with Crippen LogP contribution in [0.2, 0.25) is 0 Å². The number of imide groups is 1. The van der Waals surface area contributed by atoms with Gasteiger partial charge in [-0.05, 0) is 49.9 Å². The van der Waals surface area contributed by atoms with Crippen LogP contribution in [0.1, 0.15) is 58.8 Å². The molecule has 1 saturated heterocycles. The van der Waals surface area contributed by atoms with Gasteiger partial charge in [-0.15, -0.1) is 0 Å². The quantitative estimate of drug-likeness (QED) is 0.730. The fourth-order valence-electron chi connectivity index (χ4n) is 4.07. The zero-order chi connectivity index (χ0) is 15.1. The van der Waals surface area contributed by atoms with Gasteiger partial charge < -0.3 is 4.90 Å². The molecule has 0 unspecified atom stereocenters. The van der Waals surface area contributed by atoms with Crippen LogP contribution in [-0.4, -0.2) is 40.9 Å². The second-order valence-corrected chi connectivity index (χ2v) is 7.62. The second-order valence-electron chi connectivity index (χ2n) is 7.62. The molecule has 0 radical (unpaired) electrons. The van der Waals surface area contributed by atoms with E-state index in [0.29, 0.717) is 17.8 Å². The molecule has 4 nitrogen and oxygen atoms in total. The molecule has 1 heterocycles. The third-order valence-electron chi connectivity index (χ3n) is 5.76. The Hall–Kier alpha value is -1.06. The maximum absolute atomic E-state index is 12.9. The Bertz CT molecular complexity index is 413. The van der Waals surface area contributed by atoms with Crippen LogP contribution in [-0.2, 0) is 4.79 Å². The van der Waals surface area contributed by atoms with E-state index >= 15 is 0 Å². The molecule has 3 amide bonds. The van der Waals surface area contributed by atoms with Crippen molar-refractivity contribution in [2.24, 2.45) is 17.8 Å². The fourth-order valence-corrected chi connectivity index (χ4v) is 4.07. The van der Waals surface area contributed by atoms with Crippen molar-refractivity contribution >= 4 is 11.9 Å². The molecule has 1 atom stereocenters. The van der Waals surface area contributed by atoms with Gasteiger partial charge in [-0.3, -0.25) is 9.69 Å². The predicted octanol–water partition coefficient (Wildman–Crippen LogP) is 3.26. The molecule has 0 aromatic rings. The first kappa shape index (κ1) is 14.9. The van der Waals surface area contributed by atoms with Gasteiger partial charge in [-0.2, -0.15) is 0 Å². The topological polar surface area (TPSA) is 40.6 Å². The van der Waals surface area contributed by atoms with Crippen molar-refractivity contribution in [1.29, 1.82) is 0 Å². The van der Waals surface area contributed by atoms with E-state index in [1.54, 1.807) is 16.8 Å². The Morgan fingerprint density at radius 3 is 1.95 bits per heavy atom. The predicted molar refractivity (Wildman–Crippen MR) is 81.7 cm³/mol. The lowest BCUT2D eigenvalue weighted by atomic mass is 9.68. The third kappa shape index (κ3) is 2.47. The van der Waals surface area contributed by atoms with Crippen LogP contribution in [0.15, 0.2) is 0 Å². The largest absolute Gasteiger partial charge is 0.327 e. The first-order chi connectivity index (χ1) is 10.0. The van der Waals surface area contributed by atoms with Crippen LogP contribution in [0.4, 0.5) is 4.79 Å². The van der Waals surface area contributed by atoms with Crippen LogP contribution >= 0.6 is 0 Å². The molecular formula is C17H28N2O2. The lowest BCUT2D eigenvalue weighted by Gasteiger charge is -2.45. The molecule has 118 valence electrons. The summed E-state index contributed by atoms with van der Waals surface area (Å²) in [6, 6.07) is -0.0956. The molecule has 3 aliphatic rings. The van der Waals surface area contributed by atoms with E-state index < -0.39 is 0 Å². The summed E-state index contributed by atoms with van der Waals surface area (Å²) in [7, 11) is 1.80. The van der Waals surface area contributed by atoms with Crippen molar-refractivity contribution in [2.45, 2.75) is 70.9 Å². The van der Waals surface area contributed by atoms with Crippen molar-refractivity contribution < 1.29 is 9.59 Å². The lowest BCUT2D eigenvalue weighted by Crippen LogP contribution is -2.52. The van der Waals surface area contributed by atoms with E-state index in [9.17, 15) is 9.59 Å². The molecule has 3 rings (SSSR count). The Balaban J connectivity index is 1.81. The van der Waals surface area contributed by atoms with Gasteiger partial charge >= 0.3 is 6.03 Å². The first-order valence-corrected chi connectivity index (χ1v) is 8.60. The van der Waals surface area contributed by atoms with Crippen molar-refractivity contribution in [3.8, 4) is 0 Å². The minimum Gasteiger partial charge on any atom is -0.315 e. The van der Waals surface area contributed by atoms with Crippen LogP contribution < -0.4 is 0 Å². The van der Waals surface area contributed by atoms with E-state index in [4.69, 9.17) is 0 Å². The Morgan fingerprint density at radius 2 is 1.57 bits per heavy atom. The van der Waals surface area contributed by atoms with Crippen LogP contribution in [0, 0.1) is 17.8 Å². The van der Waals surface area contributed by atoms with Gasteiger partial charge in [0.05, 0.1) is 0 Å². The number of nitrogens with zero attached hydrogens (tertiary/aromatic N) is 2. The van der Waals surface area contributed by atoms with Gasteiger partial charge in [0.2, 0.25) is 0 Å². The normalized spacial score (nSPS) is 27.8. The highest BCUT2D eigenvalue weighted by Crippen LogP contribution is 2.44. The molecule has 0 spiro atoms. The highest BCUT2D eigenvalue weighted by atomic mass is 16.2. The molecule has 0 aromatic carbocycles. The second kappa shape index (κ2) is 5.62. The molecule has 0 N–H and O–H groups in total. The van der Waals surface area contributed by atoms with Crippen molar-refractivity contribution in [3.05, 3.63) is 0 Å². The monoisotopic (exact) mass is 292 g/mol. The molecule has 3 fully saturated rings. The number of hydrogen-bond donors (Lipinski definition) is 0. The van der Waals surface area contributed by atoms with Gasteiger partial charge in [-0.25, -0.2) is 4.79 Å². The smallest absolute Gasteiger partial charge is 0.315 e. The first-order valence-electron chi connectivity index (χ1n) is 8.60. The highest BCUT2D eigenvalue weighted by Gasteiger charge is 2.51. The molecule has 2 aliphatic carbocycles. The van der Waals surface area contributed by atoms with E-state index in [0.717, 1.165) is 6.42 Å². The van der Waals surface area contributed by atoms with Gasteiger partial charge in [0.25, 0.3) is 5.91 Å². The molecule has 4 heteroatoms. The highest BCUT2D eigenvalue weighted by molar-refractivity contribution is 6.04. The van der Waals surface area contributed by atoms with E-state index in [1.165, 1.54) is 38.5 Å². The number of likely N-dealkylation sites (N-methyl/N-ethyl adjacent to an activating group) is 1. The minimum atomic E-state index is -0.236. The average molecular weight is 292 g/mol. The summed E-state index contributed by atoms with van der Waals surface area (Å²) in [6.45, 7) is 4.23. The Morgan fingerprint density at radius 1 is 1.05 bits per heavy atom.